The number of ether oxygens (including phenoxy) is 1. The second kappa shape index (κ2) is 5.51. The molecule has 0 radical (unpaired) electrons. The number of Topliss-reactive ketones (excluding diaryl/α,β-unsaturated/α-hetero) is 1. The van der Waals surface area contributed by atoms with Gasteiger partial charge in [0.2, 0.25) is 0 Å². The number of carbonyl (C=O) groups is 1. The van der Waals surface area contributed by atoms with Crippen LogP contribution < -0.4 is 10.5 Å². The topological polar surface area (TPSA) is 52.3 Å². The molecule has 1 rings (SSSR count). The van der Waals surface area contributed by atoms with Gasteiger partial charge in [0.1, 0.15) is 11.5 Å². The fourth-order valence-corrected chi connectivity index (χ4v) is 1.34. The Labute approximate surface area is 90.2 Å². The van der Waals surface area contributed by atoms with E-state index in [1.165, 1.54) is 0 Å². The summed E-state index contributed by atoms with van der Waals surface area (Å²) >= 11 is 0. The number of benzene rings is 1. The lowest BCUT2D eigenvalue weighted by Crippen LogP contribution is -2.22. The maximum absolute atomic E-state index is 11.7. The number of methoxy groups -OCH3 is 1. The van der Waals surface area contributed by atoms with Gasteiger partial charge in [-0.1, -0.05) is 25.1 Å². The Morgan fingerprint density at radius 3 is 2.73 bits per heavy atom. The zero-order valence-corrected chi connectivity index (χ0v) is 9.19. The largest absolute Gasteiger partial charge is 0.496 e. The van der Waals surface area contributed by atoms with E-state index in [4.69, 9.17) is 10.5 Å². The molecule has 1 unspecified atom stereocenters. The van der Waals surface area contributed by atoms with Crippen molar-refractivity contribution in [2.24, 2.45) is 11.7 Å². The highest BCUT2D eigenvalue weighted by Crippen LogP contribution is 2.18. The first kappa shape index (κ1) is 11.7. The second-order valence-corrected chi connectivity index (χ2v) is 3.59. The Bertz CT molecular complexity index is 336. The minimum absolute atomic E-state index is 0.0880. The first-order valence-electron chi connectivity index (χ1n) is 5.03. The molecule has 1 atom stereocenters. The molecule has 0 amide bonds. The minimum atomic E-state index is -0.0880. The number of carbonyl (C=O) groups excluding carboxylic acids is 1. The Morgan fingerprint density at radius 1 is 1.47 bits per heavy atom. The molecule has 82 valence electrons. The van der Waals surface area contributed by atoms with Crippen LogP contribution in [0.4, 0.5) is 0 Å². The summed E-state index contributed by atoms with van der Waals surface area (Å²) in [5.74, 6) is 0.826. The molecule has 0 aliphatic heterocycles. The standard InChI is InChI=1S/C12H17NO2/c1-9(8-13)11(14)7-10-5-3-4-6-12(10)15-2/h3-6,9H,7-8,13H2,1-2H3. The zero-order valence-electron chi connectivity index (χ0n) is 9.19. The number of para-hydroxylation sites is 1. The summed E-state index contributed by atoms with van der Waals surface area (Å²) < 4.78 is 5.18. The van der Waals surface area contributed by atoms with Crippen molar-refractivity contribution in [2.45, 2.75) is 13.3 Å². The summed E-state index contributed by atoms with van der Waals surface area (Å²) in [6.45, 7) is 2.24. The molecule has 2 N–H and O–H groups in total. The van der Waals surface area contributed by atoms with Crippen molar-refractivity contribution in [3.05, 3.63) is 29.8 Å². The van der Waals surface area contributed by atoms with Crippen molar-refractivity contribution in [1.82, 2.24) is 0 Å². The van der Waals surface area contributed by atoms with E-state index in [1.54, 1.807) is 7.11 Å². The highest BCUT2D eigenvalue weighted by atomic mass is 16.5. The van der Waals surface area contributed by atoms with Gasteiger partial charge in [-0.2, -0.15) is 0 Å². The molecule has 1 aromatic carbocycles. The predicted molar refractivity (Wildman–Crippen MR) is 59.9 cm³/mol. The molecule has 1 aromatic rings. The van der Waals surface area contributed by atoms with E-state index in [1.807, 2.05) is 31.2 Å². The van der Waals surface area contributed by atoms with Gasteiger partial charge in [-0.25, -0.2) is 0 Å². The minimum Gasteiger partial charge on any atom is -0.496 e. The Hall–Kier alpha value is -1.35. The molecule has 0 spiro atoms. The van der Waals surface area contributed by atoms with E-state index in [-0.39, 0.29) is 11.7 Å². The van der Waals surface area contributed by atoms with E-state index in [0.29, 0.717) is 13.0 Å². The van der Waals surface area contributed by atoms with Gasteiger partial charge in [0, 0.05) is 24.4 Å². The number of rotatable bonds is 5. The monoisotopic (exact) mass is 207 g/mol. The summed E-state index contributed by atoms with van der Waals surface area (Å²) in [4.78, 5) is 11.7. The normalized spacial score (nSPS) is 12.2. The van der Waals surface area contributed by atoms with E-state index >= 15 is 0 Å². The fourth-order valence-electron chi connectivity index (χ4n) is 1.34. The Kier molecular flexibility index (Phi) is 4.31. The average molecular weight is 207 g/mol. The molecule has 0 aromatic heterocycles. The van der Waals surface area contributed by atoms with Gasteiger partial charge in [-0.3, -0.25) is 4.79 Å². The lowest BCUT2D eigenvalue weighted by molar-refractivity contribution is -0.121. The van der Waals surface area contributed by atoms with Gasteiger partial charge >= 0.3 is 0 Å². The third-order valence-electron chi connectivity index (χ3n) is 2.46. The molecule has 0 fully saturated rings. The van der Waals surface area contributed by atoms with E-state index < -0.39 is 0 Å². The molecule has 0 saturated heterocycles. The van der Waals surface area contributed by atoms with Crippen LogP contribution in [-0.4, -0.2) is 19.4 Å². The van der Waals surface area contributed by atoms with Gasteiger partial charge in [-0.05, 0) is 6.07 Å². The van der Waals surface area contributed by atoms with Crippen molar-refractivity contribution in [3.8, 4) is 5.75 Å². The fraction of sp³-hybridized carbons (Fsp3) is 0.417. The van der Waals surface area contributed by atoms with E-state index in [0.717, 1.165) is 11.3 Å². The quantitative estimate of drug-likeness (QED) is 0.794. The van der Waals surface area contributed by atoms with Crippen molar-refractivity contribution >= 4 is 5.78 Å². The summed E-state index contributed by atoms with van der Waals surface area (Å²) in [5.41, 5.74) is 6.37. The van der Waals surface area contributed by atoms with Crippen LogP contribution >= 0.6 is 0 Å². The zero-order chi connectivity index (χ0) is 11.3. The van der Waals surface area contributed by atoms with Crippen LogP contribution in [0.3, 0.4) is 0 Å². The number of hydrogen-bond acceptors (Lipinski definition) is 3. The van der Waals surface area contributed by atoms with E-state index in [9.17, 15) is 4.79 Å². The summed E-state index contributed by atoms with van der Waals surface area (Å²) in [7, 11) is 1.61. The first-order valence-corrected chi connectivity index (χ1v) is 5.03. The second-order valence-electron chi connectivity index (χ2n) is 3.59. The Balaban J connectivity index is 2.76. The highest BCUT2D eigenvalue weighted by Gasteiger charge is 2.13. The SMILES string of the molecule is COc1ccccc1CC(=O)C(C)CN. The highest BCUT2D eigenvalue weighted by molar-refractivity contribution is 5.83. The van der Waals surface area contributed by atoms with Crippen molar-refractivity contribution in [2.75, 3.05) is 13.7 Å². The lowest BCUT2D eigenvalue weighted by atomic mass is 9.99. The van der Waals surface area contributed by atoms with Crippen LogP contribution in [0, 0.1) is 5.92 Å². The first-order chi connectivity index (χ1) is 7.19. The molecule has 3 nitrogen and oxygen atoms in total. The smallest absolute Gasteiger partial charge is 0.141 e. The van der Waals surface area contributed by atoms with Gasteiger partial charge in [0.25, 0.3) is 0 Å². The third-order valence-corrected chi connectivity index (χ3v) is 2.46. The van der Waals surface area contributed by atoms with Crippen LogP contribution in [0.15, 0.2) is 24.3 Å². The Morgan fingerprint density at radius 2 is 2.13 bits per heavy atom. The van der Waals surface area contributed by atoms with E-state index in [2.05, 4.69) is 0 Å². The summed E-state index contributed by atoms with van der Waals surface area (Å²) in [5, 5.41) is 0. The van der Waals surface area contributed by atoms with Crippen molar-refractivity contribution in [3.63, 3.8) is 0 Å². The number of nitrogens with two attached hydrogens (primary N) is 1. The van der Waals surface area contributed by atoms with Crippen molar-refractivity contribution < 1.29 is 9.53 Å². The van der Waals surface area contributed by atoms with Crippen LogP contribution in [-0.2, 0) is 11.2 Å². The summed E-state index contributed by atoms with van der Waals surface area (Å²) in [6, 6.07) is 7.55. The van der Waals surface area contributed by atoms with Gasteiger partial charge < -0.3 is 10.5 Å². The average Bonchev–Trinajstić information content (AvgIpc) is 2.28. The van der Waals surface area contributed by atoms with Crippen molar-refractivity contribution in [1.29, 1.82) is 0 Å². The maximum Gasteiger partial charge on any atom is 0.141 e. The van der Waals surface area contributed by atoms with Crippen LogP contribution in [0.25, 0.3) is 0 Å². The molecule has 15 heavy (non-hydrogen) atoms. The molecular formula is C12H17NO2. The van der Waals surface area contributed by atoms with Crippen LogP contribution in [0.2, 0.25) is 0 Å². The lowest BCUT2D eigenvalue weighted by Gasteiger charge is -2.10. The summed E-state index contributed by atoms with van der Waals surface area (Å²) in [6.07, 6.45) is 0.391. The third kappa shape index (κ3) is 3.06. The van der Waals surface area contributed by atoms with Crippen LogP contribution in [0.1, 0.15) is 12.5 Å². The molecule has 0 aliphatic rings. The van der Waals surface area contributed by atoms with Crippen LogP contribution in [0.5, 0.6) is 5.75 Å². The molecule has 0 aliphatic carbocycles. The number of ketones is 1. The molecular weight excluding hydrogens is 190 g/mol. The molecule has 0 saturated carbocycles. The van der Waals surface area contributed by atoms with Gasteiger partial charge in [0.05, 0.1) is 7.11 Å². The molecule has 0 bridgehead atoms. The van der Waals surface area contributed by atoms with Gasteiger partial charge in [-0.15, -0.1) is 0 Å². The predicted octanol–water partition coefficient (Wildman–Crippen LogP) is 1.40. The molecule has 0 heterocycles. The maximum atomic E-state index is 11.7. The molecule has 3 heteroatoms. The number of hydrogen-bond donors (Lipinski definition) is 1. The van der Waals surface area contributed by atoms with Gasteiger partial charge in [0.15, 0.2) is 0 Å².